The minimum absolute atomic E-state index is 0.225. The van der Waals surface area contributed by atoms with Crippen molar-refractivity contribution < 1.29 is 13.9 Å². The molecule has 2 heterocycles. The standard InChI is InChI=1S/C20H19FN4O2/c1-13-23-19(22-9-8-14-2-4-15(21)5-3-14)11-20(24-13)25-16-6-7-17-18(10-16)27-12-26-17/h2-7,10-11H,8-9,12H2,1H3,(H2,22,23,24,25). The fraction of sp³-hybridized carbons (Fsp3) is 0.200. The zero-order valence-corrected chi connectivity index (χ0v) is 14.8. The highest BCUT2D eigenvalue weighted by atomic mass is 19.1. The Kier molecular flexibility index (Phi) is 4.74. The van der Waals surface area contributed by atoms with Crippen molar-refractivity contribution in [2.75, 3.05) is 24.0 Å². The smallest absolute Gasteiger partial charge is 0.231 e. The molecule has 6 nitrogen and oxygen atoms in total. The Bertz CT molecular complexity index is 947. The zero-order valence-electron chi connectivity index (χ0n) is 14.8. The van der Waals surface area contributed by atoms with Gasteiger partial charge in [-0.05, 0) is 43.2 Å². The molecular formula is C20H19FN4O2. The van der Waals surface area contributed by atoms with Crippen LogP contribution in [0, 0.1) is 12.7 Å². The van der Waals surface area contributed by atoms with E-state index in [2.05, 4.69) is 20.6 Å². The number of rotatable bonds is 6. The van der Waals surface area contributed by atoms with Crippen molar-refractivity contribution in [3.8, 4) is 11.5 Å². The van der Waals surface area contributed by atoms with Crippen molar-refractivity contribution >= 4 is 17.3 Å². The number of anilines is 3. The number of halogens is 1. The first kappa shape index (κ1) is 17.1. The van der Waals surface area contributed by atoms with Gasteiger partial charge in [0.1, 0.15) is 23.3 Å². The Morgan fingerprint density at radius 1 is 0.963 bits per heavy atom. The van der Waals surface area contributed by atoms with E-state index in [1.54, 1.807) is 12.1 Å². The first-order valence-electron chi connectivity index (χ1n) is 8.66. The molecule has 0 amide bonds. The third-order valence-corrected chi connectivity index (χ3v) is 4.12. The molecule has 0 saturated carbocycles. The lowest BCUT2D eigenvalue weighted by Gasteiger charge is -2.11. The van der Waals surface area contributed by atoms with Crippen LogP contribution in [0.25, 0.3) is 0 Å². The summed E-state index contributed by atoms with van der Waals surface area (Å²) in [5.74, 6) is 3.30. The van der Waals surface area contributed by atoms with Crippen molar-refractivity contribution in [1.82, 2.24) is 9.97 Å². The minimum atomic E-state index is -0.225. The molecule has 0 aliphatic carbocycles. The van der Waals surface area contributed by atoms with E-state index in [1.165, 1.54) is 12.1 Å². The molecule has 0 atom stereocenters. The number of nitrogens with zero attached hydrogens (tertiary/aromatic N) is 2. The lowest BCUT2D eigenvalue weighted by molar-refractivity contribution is 0.174. The Labute approximate surface area is 156 Å². The summed E-state index contributed by atoms with van der Waals surface area (Å²) in [6.45, 7) is 2.77. The van der Waals surface area contributed by atoms with Crippen LogP contribution in [-0.2, 0) is 6.42 Å². The number of aromatic nitrogens is 2. The van der Waals surface area contributed by atoms with Gasteiger partial charge in [-0.1, -0.05) is 12.1 Å². The highest BCUT2D eigenvalue weighted by molar-refractivity contribution is 5.63. The summed E-state index contributed by atoms with van der Waals surface area (Å²) in [6.07, 6.45) is 0.772. The Hall–Kier alpha value is -3.35. The SMILES string of the molecule is Cc1nc(NCCc2ccc(F)cc2)cc(Nc2ccc3c(c2)OCO3)n1. The average Bonchev–Trinajstić information content (AvgIpc) is 3.11. The maximum atomic E-state index is 13.0. The molecule has 0 saturated heterocycles. The highest BCUT2D eigenvalue weighted by Crippen LogP contribution is 2.35. The van der Waals surface area contributed by atoms with Crippen molar-refractivity contribution in [2.45, 2.75) is 13.3 Å². The predicted octanol–water partition coefficient (Wildman–Crippen LogP) is 4.05. The Morgan fingerprint density at radius 2 is 1.74 bits per heavy atom. The van der Waals surface area contributed by atoms with Gasteiger partial charge in [0.05, 0.1) is 0 Å². The topological polar surface area (TPSA) is 68.3 Å². The Morgan fingerprint density at radius 3 is 2.59 bits per heavy atom. The first-order valence-corrected chi connectivity index (χ1v) is 8.66. The molecule has 4 rings (SSSR count). The molecule has 138 valence electrons. The van der Waals surface area contributed by atoms with Gasteiger partial charge in [-0.15, -0.1) is 0 Å². The fourth-order valence-corrected chi connectivity index (χ4v) is 2.83. The quantitative estimate of drug-likeness (QED) is 0.686. The minimum Gasteiger partial charge on any atom is -0.454 e. The van der Waals surface area contributed by atoms with Gasteiger partial charge in [0, 0.05) is 24.4 Å². The fourth-order valence-electron chi connectivity index (χ4n) is 2.83. The van der Waals surface area contributed by atoms with Crippen LogP contribution in [-0.4, -0.2) is 23.3 Å². The van der Waals surface area contributed by atoms with Crippen molar-refractivity contribution in [3.63, 3.8) is 0 Å². The monoisotopic (exact) mass is 366 g/mol. The van der Waals surface area contributed by atoms with Gasteiger partial charge < -0.3 is 20.1 Å². The second-order valence-corrected chi connectivity index (χ2v) is 6.18. The molecule has 0 fully saturated rings. The molecule has 0 spiro atoms. The van der Waals surface area contributed by atoms with E-state index >= 15 is 0 Å². The summed E-state index contributed by atoms with van der Waals surface area (Å²) in [4.78, 5) is 8.83. The number of benzene rings is 2. The van der Waals surface area contributed by atoms with Crippen LogP contribution in [0.15, 0.2) is 48.5 Å². The average molecular weight is 366 g/mol. The van der Waals surface area contributed by atoms with Crippen molar-refractivity contribution in [2.24, 2.45) is 0 Å². The molecule has 27 heavy (non-hydrogen) atoms. The molecule has 0 unspecified atom stereocenters. The molecular weight excluding hydrogens is 347 g/mol. The van der Waals surface area contributed by atoms with Crippen molar-refractivity contribution in [1.29, 1.82) is 0 Å². The third kappa shape index (κ3) is 4.25. The summed E-state index contributed by atoms with van der Waals surface area (Å²) in [7, 11) is 0. The number of hydrogen-bond acceptors (Lipinski definition) is 6. The summed E-state index contributed by atoms with van der Waals surface area (Å²) in [5, 5.41) is 6.55. The maximum Gasteiger partial charge on any atom is 0.231 e. The molecule has 3 aromatic rings. The largest absolute Gasteiger partial charge is 0.454 e. The number of aryl methyl sites for hydroxylation is 1. The van der Waals surface area contributed by atoms with E-state index in [9.17, 15) is 4.39 Å². The predicted molar refractivity (Wildman–Crippen MR) is 101 cm³/mol. The molecule has 0 radical (unpaired) electrons. The molecule has 2 aromatic carbocycles. The summed E-state index contributed by atoms with van der Waals surface area (Å²) in [6, 6.07) is 14.0. The number of nitrogens with one attached hydrogen (secondary N) is 2. The number of fused-ring (bicyclic) bond motifs is 1. The number of ether oxygens (including phenoxy) is 2. The highest BCUT2D eigenvalue weighted by Gasteiger charge is 2.13. The van der Waals surface area contributed by atoms with E-state index in [-0.39, 0.29) is 12.6 Å². The van der Waals surface area contributed by atoms with Gasteiger partial charge in [-0.2, -0.15) is 0 Å². The molecule has 1 aliphatic heterocycles. The van der Waals surface area contributed by atoms with E-state index in [0.29, 0.717) is 23.9 Å². The molecule has 2 N–H and O–H groups in total. The zero-order chi connectivity index (χ0) is 18.6. The summed E-state index contributed by atoms with van der Waals surface area (Å²) < 4.78 is 23.7. The second kappa shape index (κ2) is 7.49. The lowest BCUT2D eigenvalue weighted by Crippen LogP contribution is -2.08. The van der Waals surface area contributed by atoms with Crippen LogP contribution in [0.4, 0.5) is 21.7 Å². The van der Waals surface area contributed by atoms with Crippen LogP contribution >= 0.6 is 0 Å². The maximum absolute atomic E-state index is 13.0. The van der Waals surface area contributed by atoms with Crippen LogP contribution in [0.3, 0.4) is 0 Å². The number of hydrogen-bond donors (Lipinski definition) is 2. The van der Waals surface area contributed by atoms with Gasteiger partial charge in [0.15, 0.2) is 11.5 Å². The summed E-state index contributed by atoms with van der Waals surface area (Å²) in [5.41, 5.74) is 1.92. The van der Waals surface area contributed by atoms with E-state index in [1.807, 2.05) is 31.2 Å². The van der Waals surface area contributed by atoms with Crippen molar-refractivity contribution in [3.05, 3.63) is 65.7 Å². The van der Waals surface area contributed by atoms with Crippen LogP contribution in [0.2, 0.25) is 0 Å². The van der Waals surface area contributed by atoms with Gasteiger partial charge in [0.2, 0.25) is 6.79 Å². The van der Waals surface area contributed by atoms with E-state index < -0.39 is 0 Å². The Balaban J connectivity index is 1.41. The van der Waals surface area contributed by atoms with Crippen LogP contribution < -0.4 is 20.1 Å². The normalized spacial score (nSPS) is 12.1. The van der Waals surface area contributed by atoms with Crippen LogP contribution in [0.1, 0.15) is 11.4 Å². The lowest BCUT2D eigenvalue weighted by atomic mass is 10.1. The molecule has 1 aromatic heterocycles. The van der Waals surface area contributed by atoms with Gasteiger partial charge in [-0.3, -0.25) is 0 Å². The van der Waals surface area contributed by atoms with E-state index in [4.69, 9.17) is 9.47 Å². The molecule has 0 bridgehead atoms. The van der Waals surface area contributed by atoms with Gasteiger partial charge >= 0.3 is 0 Å². The van der Waals surface area contributed by atoms with Crippen LogP contribution in [0.5, 0.6) is 11.5 Å². The van der Waals surface area contributed by atoms with Gasteiger partial charge in [0.25, 0.3) is 0 Å². The van der Waals surface area contributed by atoms with E-state index in [0.717, 1.165) is 29.2 Å². The summed E-state index contributed by atoms with van der Waals surface area (Å²) >= 11 is 0. The first-order chi connectivity index (χ1) is 13.2. The van der Waals surface area contributed by atoms with Gasteiger partial charge in [-0.25, -0.2) is 14.4 Å². The molecule has 7 heteroatoms. The third-order valence-electron chi connectivity index (χ3n) is 4.12. The second-order valence-electron chi connectivity index (χ2n) is 6.18. The molecule has 1 aliphatic rings.